The number of rotatable bonds is 6. The first-order valence-corrected chi connectivity index (χ1v) is 7.85. The number of aromatic nitrogens is 2. The fourth-order valence-electron chi connectivity index (χ4n) is 2.58. The third-order valence-electron chi connectivity index (χ3n) is 3.61. The Morgan fingerprint density at radius 1 is 1.30 bits per heavy atom. The van der Waals surface area contributed by atoms with Gasteiger partial charge < -0.3 is 5.32 Å². The molecule has 0 bridgehead atoms. The first kappa shape index (κ1) is 13.3. The summed E-state index contributed by atoms with van der Waals surface area (Å²) in [6.45, 7) is 1.01. The highest BCUT2D eigenvalue weighted by atomic mass is 32.1. The van der Waals surface area contributed by atoms with Crippen LogP contribution < -0.4 is 5.32 Å². The number of aryl methyl sites for hydroxylation is 1. The number of hydrogen-bond acceptors (Lipinski definition) is 3. The lowest BCUT2D eigenvalue weighted by atomic mass is 9.93. The molecule has 20 heavy (non-hydrogen) atoms. The number of hydrogen-bond donors (Lipinski definition) is 1. The lowest BCUT2D eigenvalue weighted by molar-refractivity contribution is 0.581. The molecule has 104 valence electrons. The highest BCUT2D eigenvalue weighted by Crippen LogP contribution is 2.21. The van der Waals surface area contributed by atoms with Crippen molar-refractivity contribution >= 4 is 16.3 Å². The van der Waals surface area contributed by atoms with Crippen LogP contribution in [0.2, 0.25) is 0 Å². The zero-order chi connectivity index (χ0) is 13.8. The van der Waals surface area contributed by atoms with Crippen molar-refractivity contribution in [2.24, 2.45) is 0 Å². The molecule has 0 spiro atoms. The lowest BCUT2D eigenvalue weighted by Crippen LogP contribution is -2.17. The van der Waals surface area contributed by atoms with E-state index in [1.165, 1.54) is 11.3 Å². The Labute approximate surface area is 123 Å². The van der Waals surface area contributed by atoms with Crippen LogP contribution in [0.25, 0.3) is 4.96 Å². The lowest BCUT2D eigenvalue weighted by Gasteiger charge is -2.16. The fraction of sp³-hybridized carbons (Fsp3) is 0.312. The molecule has 1 aromatic carbocycles. The van der Waals surface area contributed by atoms with Crippen LogP contribution in [0.3, 0.4) is 0 Å². The molecular weight excluding hydrogens is 266 g/mol. The van der Waals surface area contributed by atoms with Crippen LogP contribution >= 0.6 is 11.3 Å². The second-order valence-corrected chi connectivity index (χ2v) is 5.90. The van der Waals surface area contributed by atoms with Gasteiger partial charge in [0.1, 0.15) is 0 Å². The molecule has 1 unspecified atom stereocenters. The second kappa shape index (κ2) is 6.20. The summed E-state index contributed by atoms with van der Waals surface area (Å²) >= 11 is 1.69. The Hall–Kier alpha value is -1.65. The third-order valence-corrected chi connectivity index (χ3v) is 4.38. The minimum atomic E-state index is 0.543. The predicted molar refractivity (Wildman–Crippen MR) is 84.5 cm³/mol. The third kappa shape index (κ3) is 2.92. The highest BCUT2D eigenvalue weighted by molar-refractivity contribution is 7.15. The monoisotopic (exact) mass is 285 g/mol. The molecule has 3 nitrogen and oxygen atoms in total. The summed E-state index contributed by atoms with van der Waals surface area (Å²) in [5.74, 6) is 0.543. The van der Waals surface area contributed by atoms with Gasteiger partial charge in [-0.3, -0.25) is 4.40 Å². The fourth-order valence-corrected chi connectivity index (χ4v) is 3.30. The van der Waals surface area contributed by atoms with E-state index in [-0.39, 0.29) is 0 Å². The molecule has 0 aliphatic rings. The van der Waals surface area contributed by atoms with E-state index in [4.69, 9.17) is 0 Å². The molecule has 4 heteroatoms. The van der Waals surface area contributed by atoms with Gasteiger partial charge in [0.15, 0.2) is 4.96 Å². The molecule has 0 saturated carbocycles. The SMILES string of the molecule is CNCC(CCc1cn2ccsc2n1)c1ccccc1. The first-order valence-electron chi connectivity index (χ1n) is 6.97. The van der Waals surface area contributed by atoms with Crippen LogP contribution in [0.15, 0.2) is 48.1 Å². The highest BCUT2D eigenvalue weighted by Gasteiger charge is 2.12. The largest absolute Gasteiger partial charge is 0.319 e. The van der Waals surface area contributed by atoms with Crippen molar-refractivity contribution in [3.8, 4) is 0 Å². The molecule has 2 heterocycles. The summed E-state index contributed by atoms with van der Waals surface area (Å²) in [7, 11) is 2.02. The minimum Gasteiger partial charge on any atom is -0.319 e. The number of likely N-dealkylation sites (N-methyl/N-ethyl adjacent to an activating group) is 1. The average Bonchev–Trinajstić information content (AvgIpc) is 3.05. The van der Waals surface area contributed by atoms with Gasteiger partial charge in [0.2, 0.25) is 0 Å². The number of fused-ring (bicyclic) bond motifs is 1. The van der Waals surface area contributed by atoms with E-state index in [0.717, 1.165) is 24.3 Å². The van der Waals surface area contributed by atoms with Crippen molar-refractivity contribution in [1.29, 1.82) is 0 Å². The van der Waals surface area contributed by atoms with Gasteiger partial charge in [-0.2, -0.15) is 0 Å². The minimum absolute atomic E-state index is 0.543. The zero-order valence-electron chi connectivity index (χ0n) is 11.6. The van der Waals surface area contributed by atoms with Gasteiger partial charge in [0, 0.05) is 24.3 Å². The van der Waals surface area contributed by atoms with Gasteiger partial charge in [-0.1, -0.05) is 30.3 Å². The first-order chi connectivity index (χ1) is 9.86. The van der Waals surface area contributed by atoms with Crippen molar-refractivity contribution < 1.29 is 0 Å². The Balaban J connectivity index is 1.69. The Bertz CT molecular complexity index is 628. The number of nitrogens with zero attached hydrogens (tertiary/aromatic N) is 2. The van der Waals surface area contributed by atoms with E-state index in [0.29, 0.717) is 5.92 Å². The Morgan fingerprint density at radius 2 is 2.15 bits per heavy atom. The molecule has 0 radical (unpaired) electrons. The number of benzene rings is 1. The average molecular weight is 285 g/mol. The van der Waals surface area contributed by atoms with Crippen molar-refractivity contribution in [2.45, 2.75) is 18.8 Å². The maximum absolute atomic E-state index is 4.66. The summed E-state index contributed by atoms with van der Waals surface area (Å²) in [5, 5.41) is 5.37. The molecule has 2 aromatic heterocycles. The van der Waals surface area contributed by atoms with Crippen molar-refractivity contribution in [1.82, 2.24) is 14.7 Å². The van der Waals surface area contributed by atoms with Crippen LogP contribution in [0, 0.1) is 0 Å². The summed E-state index contributed by atoms with van der Waals surface area (Å²) in [6.07, 6.45) is 6.36. The Kier molecular flexibility index (Phi) is 4.14. The molecular formula is C16H19N3S. The van der Waals surface area contributed by atoms with Gasteiger partial charge in [-0.05, 0) is 31.4 Å². The van der Waals surface area contributed by atoms with Crippen LogP contribution in [-0.4, -0.2) is 23.0 Å². The summed E-state index contributed by atoms with van der Waals surface area (Å²) in [6, 6.07) is 10.7. The zero-order valence-corrected chi connectivity index (χ0v) is 12.4. The van der Waals surface area contributed by atoms with Crippen molar-refractivity contribution in [2.75, 3.05) is 13.6 Å². The maximum Gasteiger partial charge on any atom is 0.193 e. The van der Waals surface area contributed by atoms with Crippen molar-refractivity contribution in [3.63, 3.8) is 0 Å². The van der Waals surface area contributed by atoms with Gasteiger partial charge in [0.25, 0.3) is 0 Å². The second-order valence-electron chi connectivity index (χ2n) is 5.03. The van der Waals surface area contributed by atoms with E-state index in [1.807, 2.05) is 7.05 Å². The normalized spacial score (nSPS) is 12.8. The molecule has 0 aliphatic carbocycles. The van der Waals surface area contributed by atoms with E-state index in [2.05, 4.69) is 62.8 Å². The number of thiazole rings is 1. The van der Waals surface area contributed by atoms with E-state index in [9.17, 15) is 0 Å². The van der Waals surface area contributed by atoms with Crippen molar-refractivity contribution in [3.05, 3.63) is 59.4 Å². The van der Waals surface area contributed by atoms with Gasteiger partial charge in [0.05, 0.1) is 5.69 Å². The van der Waals surface area contributed by atoms with Gasteiger partial charge in [-0.25, -0.2) is 4.98 Å². The molecule has 0 aliphatic heterocycles. The maximum atomic E-state index is 4.66. The smallest absolute Gasteiger partial charge is 0.193 e. The molecule has 3 rings (SSSR count). The molecule has 0 amide bonds. The van der Waals surface area contributed by atoms with Crippen LogP contribution in [-0.2, 0) is 6.42 Å². The quantitative estimate of drug-likeness (QED) is 0.752. The Morgan fingerprint density at radius 3 is 2.90 bits per heavy atom. The molecule has 0 saturated heterocycles. The summed E-state index contributed by atoms with van der Waals surface area (Å²) < 4.78 is 2.11. The van der Waals surface area contributed by atoms with Crippen LogP contribution in [0.1, 0.15) is 23.6 Å². The van der Waals surface area contributed by atoms with E-state index < -0.39 is 0 Å². The van der Waals surface area contributed by atoms with Gasteiger partial charge >= 0.3 is 0 Å². The molecule has 3 aromatic rings. The topological polar surface area (TPSA) is 29.3 Å². The van der Waals surface area contributed by atoms with Crippen LogP contribution in [0.5, 0.6) is 0 Å². The number of imidazole rings is 1. The van der Waals surface area contributed by atoms with Crippen LogP contribution in [0.4, 0.5) is 0 Å². The van der Waals surface area contributed by atoms with E-state index in [1.54, 1.807) is 11.3 Å². The van der Waals surface area contributed by atoms with E-state index >= 15 is 0 Å². The van der Waals surface area contributed by atoms with Gasteiger partial charge in [-0.15, -0.1) is 11.3 Å². The number of nitrogens with one attached hydrogen (secondary N) is 1. The molecule has 1 atom stereocenters. The molecule has 1 N–H and O–H groups in total. The summed E-state index contributed by atoms with van der Waals surface area (Å²) in [5.41, 5.74) is 2.59. The summed E-state index contributed by atoms with van der Waals surface area (Å²) in [4.78, 5) is 5.75. The standard InChI is InChI=1S/C16H19N3S/c1-17-11-14(13-5-3-2-4-6-13)7-8-15-12-19-9-10-20-16(19)18-15/h2-6,9-10,12,14,17H,7-8,11H2,1H3. The predicted octanol–water partition coefficient (Wildman–Crippen LogP) is 3.33. The molecule has 0 fully saturated rings.